The van der Waals surface area contributed by atoms with Crippen molar-refractivity contribution in [2.24, 2.45) is 10.1 Å². The highest BCUT2D eigenvalue weighted by Crippen LogP contribution is 2.22. The number of aromatic nitrogens is 1. The summed E-state index contributed by atoms with van der Waals surface area (Å²) in [7, 11) is -0.116. The molecule has 1 aliphatic rings. The van der Waals surface area contributed by atoms with Crippen molar-refractivity contribution in [2.75, 3.05) is 27.2 Å². The molecule has 0 spiro atoms. The Morgan fingerprint density at radius 1 is 1.31 bits per heavy atom. The second-order valence-corrected chi connectivity index (χ2v) is 9.83. The molecule has 0 radical (unpaired) electrons. The van der Waals surface area contributed by atoms with Gasteiger partial charge in [-0.1, -0.05) is 41.7 Å². The molecule has 2 heterocycles. The average Bonchev–Trinajstić information content (AvgIpc) is 3.28. The number of allylic oxidation sites excluding steroid dienone is 1. The molecule has 1 aliphatic heterocycles. The molecular weight excluding hydrogens is 452 g/mol. The van der Waals surface area contributed by atoms with E-state index in [4.69, 9.17) is 20.5 Å². The molecule has 0 saturated carbocycles. The second kappa shape index (κ2) is 10.6. The third kappa shape index (κ3) is 6.27. The van der Waals surface area contributed by atoms with Crippen molar-refractivity contribution >= 4 is 27.2 Å². The van der Waals surface area contributed by atoms with Crippen LogP contribution < -0.4 is 15.8 Å². The van der Waals surface area contributed by atoms with E-state index in [-0.39, 0.29) is 24.7 Å². The maximum Gasteiger partial charge on any atom is 0.296 e. The number of benzene rings is 1. The van der Waals surface area contributed by atoms with Crippen LogP contribution in [0.5, 0.6) is 5.19 Å². The minimum atomic E-state index is -4.07. The molecule has 0 saturated heterocycles. The Labute approximate surface area is 191 Å². The van der Waals surface area contributed by atoms with Crippen molar-refractivity contribution in [3.8, 4) is 11.3 Å². The van der Waals surface area contributed by atoms with Crippen molar-refractivity contribution in [3.05, 3.63) is 57.6 Å². The van der Waals surface area contributed by atoms with E-state index in [9.17, 15) is 8.42 Å². The highest BCUT2D eigenvalue weighted by molar-refractivity contribution is 7.94. The summed E-state index contributed by atoms with van der Waals surface area (Å²) in [6, 6.07) is 11.2. The summed E-state index contributed by atoms with van der Waals surface area (Å²) in [5, 5.41) is 12.4. The topological polar surface area (TPSA) is 143 Å². The van der Waals surface area contributed by atoms with Gasteiger partial charge in [0.05, 0.1) is 6.61 Å². The van der Waals surface area contributed by atoms with Crippen LogP contribution >= 0.6 is 11.3 Å². The van der Waals surface area contributed by atoms with Gasteiger partial charge < -0.3 is 25.4 Å². The van der Waals surface area contributed by atoms with Crippen molar-refractivity contribution in [2.45, 2.75) is 19.3 Å². The summed E-state index contributed by atoms with van der Waals surface area (Å²) < 4.78 is 39.1. The van der Waals surface area contributed by atoms with Crippen LogP contribution in [0.15, 0.2) is 51.5 Å². The number of sulfonamides is 1. The Balaban J connectivity index is 1.65. The molecule has 1 atom stereocenters. The van der Waals surface area contributed by atoms with Gasteiger partial charge in [-0.05, 0) is 19.7 Å². The molecule has 3 rings (SSSR count). The number of thiazole rings is 1. The summed E-state index contributed by atoms with van der Waals surface area (Å²) >= 11 is 1.45. The summed E-state index contributed by atoms with van der Waals surface area (Å²) in [5.74, 6) is -0.0719. The first kappa shape index (κ1) is 23.7. The van der Waals surface area contributed by atoms with Gasteiger partial charge in [-0.25, -0.2) is 4.98 Å². The van der Waals surface area contributed by atoms with E-state index in [0.29, 0.717) is 11.8 Å². The Kier molecular flexibility index (Phi) is 7.81. The highest BCUT2D eigenvalue weighted by Gasteiger charge is 2.31. The third-order valence-electron chi connectivity index (χ3n) is 4.29. The molecular formula is C20H24N6O4S2. The first-order valence-corrected chi connectivity index (χ1v) is 11.9. The van der Waals surface area contributed by atoms with Crippen LogP contribution in [-0.4, -0.2) is 57.5 Å². The fraction of sp³-hybridized carbons (Fsp3) is 0.350. The maximum atomic E-state index is 11.9. The quantitative estimate of drug-likeness (QED) is 0.517. The van der Waals surface area contributed by atoms with Crippen LogP contribution in [0.2, 0.25) is 0 Å². The van der Waals surface area contributed by atoms with Crippen molar-refractivity contribution in [1.82, 2.24) is 15.2 Å². The third-order valence-corrected chi connectivity index (χ3v) is 6.44. The molecule has 0 amide bonds. The van der Waals surface area contributed by atoms with Crippen LogP contribution in [0.25, 0.3) is 0 Å². The van der Waals surface area contributed by atoms with Gasteiger partial charge in [-0.2, -0.15) is 13.7 Å². The molecule has 0 aliphatic carbocycles. The number of nitrogens with one attached hydrogen (secondary N) is 1. The van der Waals surface area contributed by atoms with E-state index < -0.39 is 21.0 Å². The smallest absolute Gasteiger partial charge is 0.296 e. The molecule has 32 heavy (non-hydrogen) atoms. The predicted molar refractivity (Wildman–Crippen MR) is 121 cm³/mol. The van der Waals surface area contributed by atoms with Gasteiger partial charge in [-0.15, -0.1) is 4.40 Å². The molecule has 12 heteroatoms. The fourth-order valence-corrected chi connectivity index (χ4v) is 4.65. The van der Waals surface area contributed by atoms with Crippen LogP contribution in [0.1, 0.15) is 10.4 Å². The molecule has 1 aromatic carbocycles. The minimum Gasteiger partial charge on any atom is -0.467 e. The van der Waals surface area contributed by atoms with Crippen molar-refractivity contribution in [3.63, 3.8) is 0 Å². The van der Waals surface area contributed by atoms with E-state index >= 15 is 0 Å². The largest absolute Gasteiger partial charge is 0.467 e. The maximum absolute atomic E-state index is 11.9. The van der Waals surface area contributed by atoms with Gasteiger partial charge in [0, 0.05) is 24.2 Å². The average molecular weight is 477 g/mol. The lowest BCUT2D eigenvalue weighted by molar-refractivity contribution is 0.0127. The fourth-order valence-electron chi connectivity index (χ4n) is 2.78. The molecule has 0 bridgehead atoms. The Hall–Kier alpha value is -2.98. The van der Waals surface area contributed by atoms with Gasteiger partial charge in [0.1, 0.15) is 24.5 Å². The number of nitrogens with zero attached hydrogens (tertiary/aromatic N) is 4. The molecule has 170 valence electrons. The van der Waals surface area contributed by atoms with Crippen LogP contribution in [-0.2, 0) is 27.9 Å². The first-order chi connectivity index (χ1) is 15.3. The number of hydrogen-bond acceptors (Lipinski definition) is 10. The Bertz CT molecular complexity index is 1140. The zero-order chi connectivity index (χ0) is 23.1. The van der Waals surface area contributed by atoms with E-state index in [2.05, 4.69) is 14.7 Å². The first-order valence-electron chi connectivity index (χ1n) is 9.65. The molecule has 1 unspecified atom stereocenters. The minimum absolute atomic E-state index is 0.0719. The zero-order valence-electron chi connectivity index (χ0n) is 17.7. The van der Waals surface area contributed by atoms with Crippen LogP contribution in [0, 0.1) is 11.3 Å². The number of ether oxygens (including phenoxy) is 2. The lowest BCUT2D eigenvalue weighted by Gasteiger charge is -2.19. The van der Waals surface area contributed by atoms with Crippen LogP contribution in [0.3, 0.4) is 0 Å². The van der Waals surface area contributed by atoms with E-state index in [1.165, 1.54) is 11.3 Å². The number of nitriles is 1. The van der Waals surface area contributed by atoms with Crippen molar-refractivity contribution in [1.29, 1.82) is 5.26 Å². The summed E-state index contributed by atoms with van der Waals surface area (Å²) in [5.41, 5.74) is 6.54. The predicted octanol–water partition coefficient (Wildman–Crippen LogP) is 1.19. The molecule has 3 N–H and O–H groups in total. The molecule has 1 aromatic heterocycles. The van der Waals surface area contributed by atoms with Gasteiger partial charge in [0.2, 0.25) is 0 Å². The van der Waals surface area contributed by atoms with Gasteiger partial charge in [0.25, 0.3) is 15.2 Å². The van der Waals surface area contributed by atoms with Gasteiger partial charge >= 0.3 is 0 Å². The van der Waals surface area contributed by atoms with E-state index in [1.54, 1.807) is 12.3 Å². The van der Waals surface area contributed by atoms with Crippen molar-refractivity contribution < 1.29 is 17.9 Å². The summed E-state index contributed by atoms with van der Waals surface area (Å²) in [6.07, 6.45) is 1.30. The number of amidine groups is 1. The normalized spacial score (nSPS) is 16.0. The standard InChI is InChI=1S/C20H24N6O4S2/c1-26(2)11-16-10-24-20(31-16)30-13-15(29-12-14-6-4-3-5-7-14)9-23-19-18(22)17(8-21)32(27,28)25-19/h3-7,10,15H,9,11-13,22H2,1-2H3,(H,23,25). The van der Waals surface area contributed by atoms with E-state index in [1.807, 2.05) is 49.3 Å². The summed E-state index contributed by atoms with van der Waals surface area (Å²) in [4.78, 5) is 6.82. The molecule has 0 fully saturated rings. The Morgan fingerprint density at radius 3 is 2.72 bits per heavy atom. The second-order valence-electron chi connectivity index (χ2n) is 7.21. The number of hydrogen-bond donors (Lipinski definition) is 2. The Morgan fingerprint density at radius 2 is 2.06 bits per heavy atom. The molecule has 2 aromatic rings. The lowest BCUT2D eigenvalue weighted by atomic mass is 10.2. The van der Waals surface area contributed by atoms with Gasteiger partial charge in [0.15, 0.2) is 10.7 Å². The van der Waals surface area contributed by atoms with Gasteiger partial charge in [-0.3, -0.25) is 0 Å². The molecule has 10 nitrogen and oxygen atoms in total. The SMILES string of the molecule is CN(C)Cc1cnc(OCC(CNC2=NS(=O)(=O)C(C#N)=C2N)OCc2ccccc2)s1. The monoisotopic (exact) mass is 476 g/mol. The van der Waals surface area contributed by atoms with E-state index in [0.717, 1.165) is 17.0 Å². The summed E-state index contributed by atoms with van der Waals surface area (Å²) in [6.45, 7) is 1.43. The highest BCUT2D eigenvalue weighted by atomic mass is 32.2. The lowest BCUT2D eigenvalue weighted by Crippen LogP contribution is -2.38. The van der Waals surface area contributed by atoms with Crippen LogP contribution in [0.4, 0.5) is 0 Å². The number of nitrogens with two attached hydrogens (primary N) is 1. The zero-order valence-corrected chi connectivity index (χ0v) is 19.3. The number of rotatable bonds is 10.